The van der Waals surface area contributed by atoms with Gasteiger partial charge in [0.05, 0.1) is 0 Å². The van der Waals surface area contributed by atoms with Crippen LogP contribution in [0.2, 0.25) is 0 Å². The molecule has 2 aliphatic heterocycles. The Morgan fingerprint density at radius 2 is 1.80 bits per heavy atom. The van der Waals surface area contributed by atoms with E-state index >= 15 is 0 Å². The summed E-state index contributed by atoms with van der Waals surface area (Å²) in [5.74, 6) is 0.509. The Hall–Kier alpha value is -1.37. The zero-order valence-electron chi connectivity index (χ0n) is 14.5. The number of hydrogen-bond donors (Lipinski definition) is 1. The monoisotopic (exact) mass is 372 g/mol. The smallest absolute Gasteiger partial charge is 0.254 e. The number of halogens is 2. The number of likely N-dealkylation sites (tertiary alicyclic amines) is 1. The molecule has 0 aromatic heterocycles. The Balaban J connectivity index is 0.00000225. The number of hydrogen-bond acceptors (Lipinski definition) is 4. The van der Waals surface area contributed by atoms with Crippen LogP contribution in [0, 0.1) is 5.82 Å². The minimum Gasteiger partial charge on any atom is -0.490 e. The Bertz CT molecular complexity index is 556. The number of carbonyl (C=O) groups excluding carboxylic acids is 1. The van der Waals surface area contributed by atoms with Gasteiger partial charge in [0, 0.05) is 33.0 Å². The zero-order valence-corrected chi connectivity index (χ0v) is 15.3. The number of benzene rings is 1. The largest absolute Gasteiger partial charge is 0.490 e. The average molecular weight is 373 g/mol. The van der Waals surface area contributed by atoms with Crippen molar-refractivity contribution >= 4 is 18.3 Å². The van der Waals surface area contributed by atoms with Crippen LogP contribution in [-0.4, -0.2) is 55.8 Å². The van der Waals surface area contributed by atoms with Gasteiger partial charge in [-0.2, -0.15) is 0 Å². The molecule has 0 bridgehead atoms. The lowest BCUT2D eigenvalue weighted by atomic mass is 9.89. The minimum atomic E-state index is -0.671. The highest BCUT2D eigenvalue weighted by Gasteiger charge is 2.43. The topological polar surface area (TPSA) is 50.8 Å². The van der Waals surface area contributed by atoms with E-state index in [2.05, 4.69) is 5.32 Å². The summed E-state index contributed by atoms with van der Waals surface area (Å²) >= 11 is 0. The van der Waals surface area contributed by atoms with E-state index in [-0.39, 0.29) is 30.2 Å². The Morgan fingerprint density at radius 3 is 2.36 bits per heavy atom. The standard InChI is InChI=1S/C18H25FN2O3.ClH/c1-23-18(8-10-20-11-9-18)17(22)21-12-6-16(7-13-21)24-15-4-2-14(19)3-5-15;/h2-5,16,20H,6-13H2,1H3;1H. The molecule has 0 radical (unpaired) electrons. The van der Waals surface area contributed by atoms with E-state index in [0.29, 0.717) is 31.7 Å². The molecule has 25 heavy (non-hydrogen) atoms. The van der Waals surface area contributed by atoms with Crippen LogP contribution in [0.1, 0.15) is 25.7 Å². The average Bonchev–Trinajstić information content (AvgIpc) is 2.64. The molecule has 2 saturated heterocycles. The quantitative estimate of drug-likeness (QED) is 0.881. The second-order valence-corrected chi connectivity index (χ2v) is 6.51. The van der Waals surface area contributed by atoms with Gasteiger partial charge < -0.3 is 19.7 Å². The Kier molecular flexibility index (Phi) is 7.04. The van der Waals surface area contributed by atoms with Gasteiger partial charge >= 0.3 is 0 Å². The summed E-state index contributed by atoms with van der Waals surface area (Å²) in [6, 6.07) is 6.07. The van der Waals surface area contributed by atoms with Crippen molar-refractivity contribution in [3.8, 4) is 5.75 Å². The summed E-state index contributed by atoms with van der Waals surface area (Å²) in [5.41, 5.74) is -0.671. The number of carbonyl (C=O) groups is 1. The molecule has 1 aromatic carbocycles. The van der Waals surface area contributed by atoms with E-state index in [1.165, 1.54) is 12.1 Å². The van der Waals surface area contributed by atoms with Crippen molar-refractivity contribution in [3.63, 3.8) is 0 Å². The van der Waals surface area contributed by atoms with Crippen molar-refractivity contribution in [3.05, 3.63) is 30.1 Å². The molecular formula is C18H26ClFN2O3. The van der Waals surface area contributed by atoms with Crippen molar-refractivity contribution < 1.29 is 18.7 Å². The fourth-order valence-electron chi connectivity index (χ4n) is 3.51. The maximum atomic E-state index is 12.9. The molecule has 7 heteroatoms. The number of nitrogens with zero attached hydrogens (tertiary/aromatic N) is 1. The lowest BCUT2D eigenvalue weighted by Crippen LogP contribution is -2.57. The summed E-state index contributed by atoms with van der Waals surface area (Å²) < 4.78 is 24.5. The van der Waals surface area contributed by atoms with E-state index in [1.807, 2.05) is 4.90 Å². The van der Waals surface area contributed by atoms with Crippen molar-refractivity contribution in [2.24, 2.45) is 0 Å². The molecule has 5 nitrogen and oxygen atoms in total. The molecule has 0 aliphatic carbocycles. The fourth-order valence-corrected chi connectivity index (χ4v) is 3.51. The molecular weight excluding hydrogens is 347 g/mol. The third kappa shape index (κ3) is 4.63. The number of amides is 1. The van der Waals surface area contributed by atoms with Crippen molar-refractivity contribution in [1.29, 1.82) is 0 Å². The summed E-state index contributed by atoms with van der Waals surface area (Å²) in [5, 5.41) is 3.27. The van der Waals surface area contributed by atoms with E-state index in [9.17, 15) is 9.18 Å². The second kappa shape index (κ2) is 8.83. The number of piperidine rings is 2. The number of nitrogens with one attached hydrogen (secondary N) is 1. The lowest BCUT2D eigenvalue weighted by molar-refractivity contribution is -0.160. The molecule has 1 aromatic rings. The summed E-state index contributed by atoms with van der Waals surface area (Å²) in [6.07, 6.45) is 3.05. The van der Waals surface area contributed by atoms with Gasteiger partial charge in [-0.25, -0.2) is 4.39 Å². The van der Waals surface area contributed by atoms with Gasteiger partial charge in [0.25, 0.3) is 5.91 Å². The van der Waals surface area contributed by atoms with Crippen LogP contribution in [0.5, 0.6) is 5.75 Å². The molecule has 0 unspecified atom stereocenters. The molecule has 0 saturated carbocycles. The van der Waals surface area contributed by atoms with Crippen LogP contribution in [0.15, 0.2) is 24.3 Å². The van der Waals surface area contributed by atoms with Gasteiger partial charge in [-0.1, -0.05) is 0 Å². The predicted molar refractivity (Wildman–Crippen MR) is 95.7 cm³/mol. The van der Waals surface area contributed by atoms with Crippen LogP contribution >= 0.6 is 12.4 Å². The third-order valence-electron chi connectivity index (χ3n) is 5.04. The van der Waals surface area contributed by atoms with E-state index in [4.69, 9.17) is 9.47 Å². The number of rotatable bonds is 4. The SMILES string of the molecule is COC1(C(=O)N2CCC(Oc3ccc(F)cc3)CC2)CCNCC1.Cl. The van der Waals surface area contributed by atoms with Crippen LogP contribution in [-0.2, 0) is 9.53 Å². The second-order valence-electron chi connectivity index (χ2n) is 6.51. The van der Waals surface area contributed by atoms with Gasteiger partial charge in [0.2, 0.25) is 0 Å². The first-order valence-corrected chi connectivity index (χ1v) is 8.60. The highest BCUT2D eigenvalue weighted by Crippen LogP contribution is 2.27. The maximum Gasteiger partial charge on any atom is 0.254 e. The van der Waals surface area contributed by atoms with Crippen molar-refractivity contribution in [1.82, 2.24) is 10.2 Å². The number of methoxy groups -OCH3 is 1. The van der Waals surface area contributed by atoms with Gasteiger partial charge in [-0.15, -0.1) is 12.4 Å². The van der Waals surface area contributed by atoms with Gasteiger partial charge in [0.1, 0.15) is 23.3 Å². The maximum absolute atomic E-state index is 12.9. The normalized spacial score (nSPS) is 20.6. The highest BCUT2D eigenvalue weighted by molar-refractivity contribution is 5.86. The molecule has 2 fully saturated rings. The first kappa shape index (κ1) is 19.9. The minimum absolute atomic E-state index is 0. The summed E-state index contributed by atoms with van der Waals surface area (Å²) in [6.45, 7) is 2.96. The first-order valence-electron chi connectivity index (χ1n) is 8.60. The summed E-state index contributed by atoms with van der Waals surface area (Å²) in [4.78, 5) is 14.8. The molecule has 0 atom stereocenters. The molecule has 3 rings (SSSR count). The molecule has 1 amide bonds. The summed E-state index contributed by atoms with van der Waals surface area (Å²) in [7, 11) is 1.63. The van der Waals surface area contributed by atoms with Crippen LogP contribution in [0.4, 0.5) is 4.39 Å². The molecule has 140 valence electrons. The van der Waals surface area contributed by atoms with Crippen LogP contribution in [0.25, 0.3) is 0 Å². The Labute approximate surface area is 154 Å². The first-order chi connectivity index (χ1) is 11.6. The van der Waals surface area contributed by atoms with Crippen molar-refractivity contribution in [2.75, 3.05) is 33.3 Å². The van der Waals surface area contributed by atoms with Gasteiger partial charge in [-0.05, 0) is 50.2 Å². The predicted octanol–water partition coefficient (Wildman–Crippen LogP) is 2.39. The Morgan fingerprint density at radius 1 is 1.20 bits per heavy atom. The van der Waals surface area contributed by atoms with Crippen LogP contribution < -0.4 is 10.1 Å². The highest BCUT2D eigenvalue weighted by atomic mass is 35.5. The zero-order chi connectivity index (χ0) is 17.0. The molecule has 2 heterocycles. The molecule has 2 aliphatic rings. The van der Waals surface area contributed by atoms with E-state index in [0.717, 1.165) is 25.9 Å². The fraction of sp³-hybridized carbons (Fsp3) is 0.611. The number of ether oxygens (including phenoxy) is 2. The lowest BCUT2D eigenvalue weighted by Gasteiger charge is -2.41. The van der Waals surface area contributed by atoms with Gasteiger partial charge in [0.15, 0.2) is 0 Å². The van der Waals surface area contributed by atoms with E-state index in [1.54, 1.807) is 19.2 Å². The molecule has 0 spiro atoms. The van der Waals surface area contributed by atoms with Crippen molar-refractivity contribution in [2.45, 2.75) is 37.4 Å². The molecule has 1 N–H and O–H groups in total. The van der Waals surface area contributed by atoms with E-state index < -0.39 is 5.60 Å². The van der Waals surface area contributed by atoms with Gasteiger partial charge in [-0.3, -0.25) is 4.79 Å². The third-order valence-corrected chi connectivity index (χ3v) is 5.04. The van der Waals surface area contributed by atoms with Crippen LogP contribution in [0.3, 0.4) is 0 Å².